The summed E-state index contributed by atoms with van der Waals surface area (Å²) in [5.41, 5.74) is 0. The van der Waals surface area contributed by atoms with Gasteiger partial charge in [-0.15, -0.1) is 0 Å². The van der Waals surface area contributed by atoms with E-state index in [1.807, 2.05) is 6.92 Å². The molecule has 5 heteroatoms. The van der Waals surface area contributed by atoms with Crippen molar-refractivity contribution in [3.63, 3.8) is 0 Å². The van der Waals surface area contributed by atoms with E-state index in [4.69, 9.17) is 4.74 Å². The molecule has 2 N–H and O–H groups in total. The number of aliphatic carboxylic acids is 1. The highest BCUT2D eigenvalue weighted by Crippen LogP contribution is 2.19. The van der Waals surface area contributed by atoms with Gasteiger partial charge in [-0.05, 0) is 25.2 Å². The van der Waals surface area contributed by atoms with E-state index in [-0.39, 0.29) is 17.7 Å². The van der Waals surface area contributed by atoms with Gasteiger partial charge in [-0.2, -0.15) is 0 Å². The Morgan fingerprint density at radius 2 is 2.00 bits per heavy atom. The summed E-state index contributed by atoms with van der Waals surface area (Å²) < 4.78 is 5.20. The molecule has 1 fully saturated rings. The monoisotopic (exact) mass is 243 g/mol. The van der Waals surface area contributed by atoms with Crippen molar-refractivity contribution in [1.82, 2.24) is 5.32 Å². The predicted molar refractivity (Wildman–Crippen MR) is 62.6 cm³/mol. The van der Waals surface area contributed by atoms with Crippen molar-refractivity contribution in [2.24, 2.45) is 11.8 Å². The lowest BCUT2D eigenvalue weighted by Gasteiger charge is -2.28. The number of ether oxygens (including phenoxy) is 1. The summed E-state index contributed by atoms with van der Waals surface area (Å²) in [7, 11) is 0. The Kier molecular flexibility index (Phi) is 5.41. The SMILES string of the molecule is CC[C@@H](C)C(=O)N[C@H](C(=O)O)C1CCOCC1. The Labute approximate surface area is 102 Å². The molecule has 0 aromatic heterocycles. The summed E-state index contributed by atoms with van der Waals surface area (Å²) in [6.45, 7) is 4.87. The van der Waals surface area contributed by atoms with E-state index in [9.17, 15) is 14.7 Å². The lowest BCUT2D eigenvalue weighted by molar-refractivity contribution is -0.145. The number of nitrogens with one attached hydrogen (secondary N) is 1. The highest BCUT2D eigenvalue weighted by molar-refractivity contribution is 5.84. The van der Waals surface area contributed by atoms with Gasteiger partial charge < -0.3 is 15.2 Å². The summed E-state index contributed by atoms with van der Waals surface area (Å²) in [5.74, 6) is -1.29. The van der Waals surface area contributed by atoms with Crippen LogP contribution in [-0.2, 0) is 14.3 Å². The zero-order valence-corrected chi connectivity index (χ0v) is 10.4. The van der Waals surface area contributed by atoms with E-state index in [1.54, 1.807) is 6.92 Å². The molecule has 0 aliphatic carbocycles. The van der Waals surface area contributed by atoms with E-state index in [1.165, 1.54) is 0 Å². The number of carbonyl (C=O) groups is 2. The third kappa shape index (κ3) is 4.00. The molecule has 17 heavy (non-hydrogen) atoms. The minimum absolute atomic E-state index is 0.0192. The van der Waals surface area contributed by atoms with Gasteiger partial charge in [0.15, 0.2) is 0 Å². The third-order valence-electron chi connectivity index (χ3n) is 3.36. The molecule has 0 aromatic carbocycles. The van der Waals surface area contributed by atoms with Gasteiger partial charge >= 0.3 is 5.97 Å². The van der Waals surface area contributed by atoms with Crippen LogP contribution in [0.25, 0.3) is 0 Å². The molecular formula is C12H21NO4. The van der Waals surface area contributed by atoms with Crippen LogP contribution < -0.4 is 5.32 Å². The van der Waals surface area contributed by atoms with E-state index in [0.717, 1.165) is 0 Å². The first kappa shape index (κ1) is 14.0. The summed E-state index contributed by atoms with van der Waals surface area (Å²) in [6.07, 6.45) is 2.10. The molecule has 1 aliphatic heterocycles. The number of hydrogen-bond donors (Lipinski definition) is 2. The molecule has 0 saturated carbocycles. The lowest BCUT2D eigenvalue weighted by Crippen LogP contribution is -2.49. The highest BCUT2D eigenvalue weighted by atomic mass is 16.5. The van der Waals surface area contributed by atoms with Crippen molar-refractivity contribution in [1.29, 1.82) is 0 Å². The normalized spacial score (nSPS) is 20.6. The number of carboxylic acid groups (broad SMARTS) is 1. The first-order chi connectivity index (χ1) is 8.06. The second-order valence-electron chi connectivity index (χ2n) is 4.58. The molecule has 0 radical (unpaired) electrons. The average molecular weight is 243 g/mol. The van der Waals surface area contributed by atoms with Crippen LogP contribution in [0.2, 0.25) is 0 Å². The molecule has 1 rings (SSSR count). The smallest absolute Gasteiger partial charge is 0.326 e. The average Bonchev–Trinajstić information content (AvgIpc) is 2.35. The molecule has 1 heterocycles. The Balaban J connectivity index is 2.59. The van der Waals surface area contributed by atoms with Gasteiger partial charge in [0.25, 0.3) is 0 Å². The molecule has 0 spiro atoms. The maximum atomic E-state index is 11.7. The first-order valence-corrected chi connectivity index (χ1v) is 6.17. The Morgan fingerprint density at radius 1 is 1.41 bits per heavy atom. The summed E-state index contributed by atoms with van der Waals surface area (Å²) >= 11 is 0. The van der Waals surface area contributed by atoms with Gasteiger partial charge in [0.2, 0.25) is 5.91 Å². The number of amides is 1. The van der Waals surface area contributed by atoms with Gasteiger partial charge in [0, 0.05) is 19.1 Å². The van der Waals surface area contributed by atoms with Crippen molar-refractivity contribution >= 4 is 11.9 Å². The quantitative estimate of drug-likeness (QED) is 0.756. The molecular weight excluding hydrogens is 222 g/mol. The summed E-state index contributed by atoms with van der Waals surface area (Å²) in [4.78, 5) is 22.9. The minimum atomic E-state index is -0.950. The van der Waals surface area contributed by atoms with Gasteiger partial charge in [-0.1, -0.05) is 13.8 Å². The first-order valence-electron chi connectivity index (χ1n) is 6.17. The number of carbonyl (C=O) groups excluding carboxylic acids is 1. The van der Waals surface area contributed by atoms with Crippen LogP contribution in [-0.4, -0.2) is 36.2 Å². The van der Waals surface area contributed by atoms with Crippen LogP contribution >= 0.6 is 0 Å². The molecule has 1 amide bonds. The van der Waals surface area contributed by atoms with Gasteiger partial charge in [0.1, 0.15) is 6.04 Å². The molecule has 5 nitrogen and oxygen atoms in total. The molecule has 1 aliphatic rings. The Hall–Kier alpha value is -1.10. The van der Waals surface area contributed by atoms with Crippen molar-refractivity contribution in [3.05, 3.63) is 0 Å². The van der Waals surface area contributed by atoms with Crippen LogP contribution in [0.4, 0.5) is 0 Å². The number of rotatable bonds is 5. The van der Waals surface area contributed by atoms with E-state index >= 15 is 0 Å². The topological polar surface area (TPSA) is 75.6 Å². The fraction of sp³-hybridized carbons (Fsp3) is 0.833. The second kappa shape index (κ2) is 6.59. The standard InChI is InChI=1S/C12H21NO4/c1-3-8(2)11(14)13-10(12(15)16)9-4-6-17-7-5-9/h8-10H,3-7H2,1-2H3,(H,13,14)(H,15,16)/t8-,10+/m1/s1. The Morgan fingerprint density at radius 3 is 2.47 bits per heavy atom. The largest absolute Gasteiger partial charge is 0.480 e. The van der Waals surface area contributed by atoms with Gasteiger partial charge in [-0.25, -0.2) is 4.79 Å². The Bertz CT molecular complexity index is 274. The molecule has 0 bridgehead atoms. The third-order valence-corrected chi connectivity index (χ3v) is 3.36. The van der Waals surface area contributed by atoms with Crippen LogP contribution in [0, 0.1) is 11.8 Å². The fourth-order valence-electron chi connectivity index (χ4n) is 1.91. The molecule has 98 valence electrons. The minimum Gasteiger partial charge on any atom is -0.480 e. The highest BCUT2D eigenvalue weighted by Gasteiger charge is 2.31. The van der Waals surface area contributed by atoms with Crippen LogP contribution in [0.15, 0.2) is 0 Å². The predicted octanol–water partition coefficient (Wildman–Crippen LogP) is 1.03. The summed E-state index contributed by atoms with van der Waals surface area (Å²) in [6, 6.07) is -0.777. The van der Waals surface area contributed by atoms with Crippen molar-refractivity contribution in [2.45, 2.75) is 39.2 Å². The maximum Gasteiger partial charge on any atom is 0.326 e. The van der Waals surface area contributed by atoms with E-state index in [2.05, 4.69) is 5.32 Å². The van der Waals surface area contributed by atoms with Crippen LogP contribution in [0.3, 0.4) is 0 Å². The van der Waals surface area contributed by atoms with Crippen LogP contribution in [0.1, 0.15) is 33.1 Å². The zero-order valence-electron chi connectivity index (χ0n) is 10.4. The molecule has 2 atom stereocenters. The van der Waals surface area contributed by atoms with E-state index in [0.29, 0.717) is 32.5 Å². The molecule has 0 unspecified atom stereocenters. The number of carboxylic acids is 1. The zero-order chi connectivity index (χ0) is 12.8. The fourth-order valence-corrected chi connectivity index (χ4v) is 1.91. The lowest BCUT2D eigenvalue weighted by atomic mass is 9.91. The van der Waals surface area contributed by atoms with Gasteiger partial charge in [0.05, 0.1) is 0 Å². The van der Waals surface area contributed by atoms with E-state index < -0.39 is 12.0 Å². The van der Waals surface area contributed by atoms with Crippen molar-refractivity contribution in [2.75, 3.05) is 13.2 Å². The van der Waals surface area contributed by atoms with Crippen molar-refractivity contribution < 1.29 is 19.4 Å². The summed E-state index contributed by atoms with van der Waals surface area (Å²) in [5, 5.41) is 11.8. The van der Waals surface area contributed by atoms with Crippen molar-refractivity contribution in [3.8, 4) is 0 Å². The second-order valence-corrected chi connectivity index (χ2v) is 4.58. The number of hydrogen-bond acceptors (Lipinski definition) is 3. The van der Waals surface area contributed by atoms with Gasteiger partial charge in [-0.3, -0.25) is 4.79 Å². The van der Waals surface area contributed by atoms with Crippen LogP contribution in [0.5, 0.6) is 0 Å². The molecule has 0 aromatic rings. The molecule has 1 saturated heterocycles. The maximum absolute atomic E-state index is 11.7.